The summed E-state index contributed by atoms with van der Waals surface area (Å²) < 4.78 is 5.41. The van der Waals surface area contributed by atoms with E-state index in [0.29, 0.717) is 5.17 Å². The maximum absolute atomic E-state index is 11.0. The number of hydrogen-bond acceptors (Lipinski definition) is 7. The Morgan fingerprint density at radius 3 is 2.76 bits per heavy atom. The quantitative estimate of drug-likeness (QED) is 0.728. The summed E-state index contributed by atoms with van der Waals surface area (Å²) in [7, 11) is 0. The number of aromatic nitrogens is 1. The first kappa shape index (κ1) is 18.0. The highest BCUT2D eigenvalue weighted by atomic mass is 32.2. The molecule has 3 heterocycles. The van der Waals surface area contributed by atoms with Gasteiger partial charge in [-0.25, -0.2) is 0 Å². The Morgan fingerprint density at radius 2 is 2.08 bits per heavy atom. The van der Waals surface area contributed by atoms with Crippen LogP contribution in [0.3, 0.4) is 0 Å². The summed E-state index contributed by atoms with van der Waals surface area (Å²) in [6.45, 7) is 7.99. The maximum atomic E-state index is 11.0. The Labute approximate surface area is 152 Å². The molecule has 0 atom stereocenters. The molecule has 0 aliphatic carbocycles. The second-order valence-electron chi connectivity index (χ2n) is 6.03. The van der Waals surface area contributed by atoms with Crippen molar-refractivity contribution in [3.05, 3.63) is 30.1 Å². The Balaban J connectivity index is 1.61. The molecule has 0 saturated carbocycles. The minimum atomic E-state index is 0.0534. The van der Waals surface area contributed by atoms with Crippen molar-refractivity contribution < 1.29 is 9.53 Å². The average molecular weight is 361 g/mol. The van der Waals surface area contributed by atoms with Crippen molar-refractivity contribution in [2.45, 2.75) is 13.5 Å². The number of ketones is 1. The lowest BCUT2D eigenvalue weighted by molar-refractivity contribution is -0.115. The molecule has 2 aliphatic rings. The van der Waals surface area contributed by atoms with Crippen LogP contribution in [0.15, 0.2) is 34.5 Å². The van der Waals surface area contributed by atoms with Gasteiger partial charge in [-0.1, -0.05) is 0 Å². The molecule has 0 bridgehead atoms. The van der Waals surface area contributed by atoms with E-state index in [-0.39, 0.29) is 12.3 Å². The minimum absolute atomic E-state index is 0.0534. The summed E-state index contributed by atoms with van der Waals surface area (Å²) in [6.07, 6.45) is 3.62. The van der Waals surface area contributed by atoms with E-state index in [1.165, 1.54) is 12.5 Å². The van der Waals surface area contributed by atoms with Crippen LogP contribution >= 0.6 is 11.8 Å². The molecule has 0 unspecified atom stereocenters. The van der Waals surface area contributed by atoms with Gasteiger partial charge in [0.15, 0.2) is 16.1 Å². The summed E-state index contributed by atoms with van der Waals surface area (Å²) in [4.78, 5) is 28.5. The highest BCUT2D eigenvalue weighted by molar-refractivity contribution is 8.28. The minimum Gasteiger partial charge on any atom is -0.379 e. The van der Waals surface area contributed by atoms with Crippen LogP contribution in [0.1, 0.15) is 12.5 Å². The molecule has 2 aliphatic heterocycles. The fourth-order valence-corrected chi connectivity index (χ4v) is 3.30. The fraction of sp³-hybridized carbons (Fsp3) is 0.529. The van der Waals surface area contributed by atoms with Crippen LogP contribution < -0.4 is 0 Å². The van der Waals surface area contributed by atoms with Crippen molar-refractivity contribution in [2.75, 3.05) is 45.9 Å². The largest absolute Gasteiger partial charge is 0.379 e. The van der Waals surface area contributed by atoms with E-state index in [0.717, 1.165) is 51.1 Å². The Hall–Kier alpha value is -1.77. The normalized spacial score (nSPS) is 19.4. The van der Waals surface area contributed by atoms with Gasteiger partial charge in [-0.2, -0.15) is 4.99 Å². The van der Waals surface area contributed by atoms with Gasteiger partial charge in [-0.15, -0.1) is 0 Å². The summed E-state index contributed by atoms with van der Waals surface area (Å²) >= 11 is 1.54. The van der Waals surface area contributed by atoms with Crippen LogP contribution in [0.25, 0.3) is 0 Å². The first-order chi connectivity index (χ1) is 12.2. The van der Waals surface area contributed by atoms with Crippen molar-refractivity contribution in [2.24, 2.45) is 9.98 Å². The molecular formula is C17H23N5O2S. The number of morpholine rings is 1. The molecule has 0 spiro atoms. The molecule has 3 rings (SSSR count). The first-order valence-electron chi connectivity index (χ1n) is 8.45. The Morgan fingerprint density at radius 1 is 1.36 bits per heavy atom. The predicted octanol–water partition coefficient (Wildman–Crippen LogP) is 1.26. The third kappa shape index (κ3) is 5.62. The van der Waals surface area contributed by atoms with Crippen LogP contribution in [0.2, 0.25) is 0 Å². The third-order valence-corrected chi connectivity index (χ3v) is 4.93. The number of thioether (sulfide) groups is 1. The number of ether oxygens (including phenoxy) is 1. The van der Waals surface area contributed by atoms with Gasteiger partial charge in [0, 0.05) is 45.1 Å². The number of carbonyl (C=O) groups excluding carboxylic acids is 1. The molecule has 1 aromatic rings. The van der Waals surface area contributed by atoms with Crippen molar-refractivity contribution in [1.82, 2.24) is 14.8 Å². The number of Topliss-reactive ketones (excluding diaryl/α,β-unsaturated/α-hetero) is 1. The van der Waals surface area contributed by atoms with E-state index in [2.05, 4.69) is 24.8 Å². The zero-order valence-electron chi connectivity index (χ0n) is 14.4. The molecule has 1 aromatic heterocycles. The van der Waals surface area contributed by atoms with Crippen LogP contribution in [-0.2, 0) is 16.1 Å². The Bertz CT molecular complexity index is 644. The number of rotatable bonds is 7. The van der Waals surface area contributed by atoms with Crippen LogP contribution in [-0.4, -0.2) is 76.8 Å². The smallest absolute Gasteiger partial charge is 0.193 e. The maximum Gasteiger partial charge on any atom is 0.193 e. The van der Waals surface area contributed by atoms with Gasteiger partial charge in [0.05, 0.1) is 13.2 Å². The number of aliphatic imine (C=N–C) groups is 2. The molecule has 1 saturated heterocycles. The third-order valence-electron chi connectivity index (χ3n) is 3.99. The summed E-state index contributed by atoms with van der Waals surface area (Å²) in [6, 6.07) is 4.05. The van der Waals surface area contributed by atoms with Gasteiger partial charge < -0.3 is 9.64 Å². The zero-order valence-corrected chi connectivity index (χ0v) is 15.2. The lowest BCUT2D eigenvalue weighted by Crippen LogP contribution is -2.43. The summed E-state index contributed by atoms with van der Waals surface area (Å²) in [5.74, 6) is 0.0534. The predicted molar refractivity (Wildman–Crippen MR) is 99.9 cm³/mol. The molecule has 0 aromatic carbocycles. The van der Waals surface area contributed by atoms with Gasteiger partial charge in [-0.05, 0) is 36.4 Å². The Kier molecular flexibility index (Phi) is 6.55. The van der Waals surface area contributed by atoms with E-state index in [1.54, 1.807) is 11.8 Å². The topological polar surface area (TPSA) is 70.4 Å². The average Bonchev–Trinajstić information content (AvgIpc) is 2.59. The number of carbonyl (C=O) groups is 1. The fourth-order valence-electron chi connectivity index (χ4n) is 2.59. The molecule has 7 nitrogen and oxygen atoms in total. The molecule has 0 amide bonds. The van der Waals surface area contributed by atoms with E-state index >= 15 is 0 Å². The molecule has 134 valence electrons. The van der Waals surface area contributed by atoms with E-state index in [4.69, 9.17) is 4.74 Å². The van der Waals surface area contributed by atoms with Crippen LogP contribution in [0, 0.1) is 0 Å². The van der Waals surface area contributed by atoms with Gasteiger partial charge in [0.25, 0.3) is 0 Å². The first-order valence-corrected chi connectivity index (χ1v) is 9.27. The molecule has 25 heavy (non-hydrogen) atoms. The second kappa shape index (κ2) is 9.07. The molecule has 0 N–H and O–H groups in total. The van der Waals surface area contributed by atoms with Gasteiger partial charge in [0.2, 0.25) is 0 Å². The standard InChI is InChI=1S/C17H23N5O2S/c1-14(23)12-19-16-20-17(25-16)22(13-15-2-4-18-5-3-15)7-6-21-8-10-24-11-9-21/h2-5H,6-13H2,1H3. The van der Waals surface area contributed by atoms with Gasteiger partial charge >= 0.3 is 0 Å². The highest BCUT2D eigenvalue weighted by Crippen LogP contribution is 2.24. The zero-order chi connectivity index (χ0) is 17.5. The lowest BCUT2D eigenvalue weighted by atomic mass is 10.2. The second-order valence-corrected chi connectivity index (χ2v) is 6.96. The van der Waals surface area contributed by atoms with Crippen LogP contribution in [0.5, 0.6) is 0 Å². The summed E-state index contributed by atoms with van der Waals surface area (Å²) in [5, 5.41) is 1.66. The number of amidine groups is 2. The van der Waals surface area contributed by atoms with E-state index in [1.807, 2.05) is 24.5 Å². The monoisotopic (exact) mass is 361 g/mol. The van der Waals surface area contributed by atoms with Crippen molar-refractivity contribution in [3.63, 3.8) is 0 Å². The van der Waals surface area contributed by atoms with Crippen LogP contribution in [0.4, 0.5) is 0 Å². The number of nitrogens with zero attached hydrogens (tertiary/aromatic N) is 5. The van der Waals surface area contributed by atoms with Gasteiger partial charge in [-0.3, -0.25) is 19.7 Å². The molecule has 0 radical (unpaired) electrons. The van der Waals surface area contributed by atoms with E-state index in [9.17, 15) is 4.79 Å². The highest BCUT2D eigenvalue weighted by Gasteiger charge is 2.24. The molecule has 8 heteroatoms. The molecule has 1 fully saturated rings. The van der Waals surface area contributed by atoms with Gasteiger partial charge in [0.1, 0.15) is 6.54 Å². The van der Waals surface area contributed by atoms with E-state index < -0.39 is 0 Å². The lowest BCUT2D eigenvalue weighted by Gasteiger charge is -2.33. The number of hydrogen-bond donors (Lipinski definition) is 0. The van der Waals surface area contributed by atoms with Crippen molar-refractivity contribution in [3.8, 4) is 0 Å². The van der Waals surface area contributed by atoms with Crippen molar-refractivity contribution >= 4 is 27.9 Å². The SMILES string of the molecule is CC(=O)CN=C1N=C(N(CCN2CCOCC2)Cc2ccncc2)S1. The molecular weight excluding hydrogens is 338 g/mol. The number of pyridine rings is 1. The summed E-state index contributed by atoms with van der Waals surface area (Å²) in [5.41, 5.74) is 1.20. The van der Waals surface area contributed by atoms with Crippen molar-refractivity contribution in [1.29, 1.82) is 0 Å².